The summed E-state index contributed by atoms with van der Waals surface area (Å²) in [7, 11) is -3.57. The molecule has 0 bridgehead atoms. The van der Waals surface area contributed by atoms with Crippen molar-refractivity contribution in [1.82, 2.24) is 4.72 Å². The van der Waals surface area contributed by atoms with Gasteiger partial charge in [0.2, 0.25) is 15.8 Å². The second kappa shape index (κ2) is 8.26. The van der Waals surface area contributed by atoms with Crippen LogP contribution in [0.2, 0.25) is 0 Å². The first-order chi connectivity index (χ1) is 12.5. The van der Waals surface area contributed by atoms with Crippen molar-refractivity contribution < 1.29 is 13.2 Å². The van der Waals surface area contributed by atoms with E-state index in [0.717, 1.165) is 23.3 Å². The Morgan fingerprint density at radius 2 is 1.85 bits per heavy atom. The van der Waals surface area contributed by atoms with Crippen molar-refractivity contribution in [2.24, 2.45) is 0 Å². The highest BCUT2D eigenvalue weighted by atomic mass is 32.2. The molecule has 7 heteroatoms. The van der Waals surface area contributed by atoms with Crippen molar-refractivity contribution in [3.63, 3.8) is 0 Å². The predicted molar refractivity (Wildman–Crippen MR) is 107 cm³/mol. The van der Waals surface area contributed by atoms with E-state index in [0.29, 0.717) is 10.4 Å². The van der Waals surface area contributed by atoms with Gasteiger partial charge in [0.1, 0.15) is 0 Å². The van der Waals surface area contributed by atoms with Crippen LogP contribution in [0.4, 0.5) is 0 Å². The van der Waals surface area contributed by atoms with Gasteiger partial charge < -0.3 is 0 Å². The van der Waals surface area contributed by atoms with E-state index in [1.54, 1.807) is 30.3 Å². The summed E-state index contributed by atoms with van der Waals surface area (Å²) < 4.78 is 27.5. The second-order valence-corrected chi connectivity index (χ2v) is 9.54. The molecular weight excluding hydrogens is 386 g/mol. The molecule has 0 aliphatic heterocycles. The number of thiophene rings is 2. The molecule has 2 aromatic heterocycles. The Morgan fingerprint density at radius 3 is 2.50 bits per heavy atom. The molecule has 0 radical (unpaired) electrons. The van der Waals surface area contributed by atoms with Crippen LogP contribution in [-0.2, 0) is 23.0 Å². The largest absolute Gasteiger partial charge is 0.288 e. The number of carbonyl (C=O) groups is 1. The Bertz CT molecular complexity index is 971. The van der Waals surface area contributed by atoms with Gasteiger partial charge in [0.15, 0.2) is 0 Å². The summed E-state index contributed by atoms with van der Waals surface area (Å²) >= 11 is 2.79. The number of aryl methyl sites for hydroxylation is 1. The van der Waals surface area contributed by atoms with E-state index in [1.165, 1.54) is 22.7 Å². The maximum Gasteiger partial charge on any atom is 0.240 e. The molecule has 136 valence electrons. The van der Waals surface area contributed by atoms with Gasteiger partial charge in [-0.3, -0.25) is 4.79 Å². The van der Waals surface area contributed by atoms with Crippen LogP contribution in [0, 0.1) is 0 Å². The number of hydrogen-bond acceptors (Lipinski definition) is 5. The lowest BCUT2D eigenvalue weighted by molar-refractivity contribution is 0.104. The van der Waals surface area contributed by atoms with E-state index in [9.17, 15) is 13.2 Å². The summed E-state index contributed by atoms with van der Waals surface area (Å²) in [6, 6.07) is 12.3. The van der Waals surface area contributed by atoms with Crippen molar-refractivity contribution in [2.45, 2.75) is 31.2 Å². The quantitative estimate of drug-likeness (QED) is 0.562. The van der Waals surface area contributed by atoms with Gasteiger partial charge in [0.25, 0.3) is 0 Å². The van der Waals surface area contributed by atoms with E-state index in [4.69, 9.17) is 0 Å². The van der Waals surface area contributed by atoms with E-state index >= 15 is 0 Å². The molecule has 4 nitrogen and oxygen atoms in total. The molecule has 0 saturated carbocycles. The molecular formula is C19H19NO3S3. The van der Waals surface area contributed by atoms with Gasteiger partial charge in [-0.05, 0) is 47.7 Å². The Hall–Kier alpha value is -1.80. The molecule has 0 unspecified atom stereocenters. The highest BCUT2D eigenvalue weighted by Crippen LogP contribution is 2.22. The minimum Gasteiger partial charge on any atom is -0.288 e. The third kappa shape index (κ3) is 4.48. The first-order valence-corrected chi connectivity index (χ1v) is 11.5. The summed E-state index contributed by atoms with van der Waals surface area (Å²) in [6.07, 6.45) is 1.96. The molecule has 0 saturated heterocycles. The van der Waals surface area contributed by atoms with E-state index < -0.39 is 10.0 Å². The molecule has 1 aromatic carbocycles. The minimum absolute atomic E-state index is 0.0307. The average Bonchev–Trinajstić information content (AvgIpc) is 3.32. The van der Waals surface area contributed by atoms with E-state index in [1.807, 2.05) is 22.9 Å². The van der Waals surface area contributed by atoms with Crippen LogP contribution < -0.4 is 4.72 Å². The summed E-state index contributed by atoms with van der Waals surface area (Å²) in [5, 5.41) is 3.67. The van der Waals surface area contributed by atoms with Crippen LogP contribution in [0.3, 0.4) is 0 Å². The predicted octanol–water partition coefficient (Wildman–Crippen LogP) is 4.47. The number of rotatable bonds is 8. The van der Waals surface area contributed by atoms with Crippen molar-refractivity contribution >= 4 is 38.5 Å². The van der Waals surface area contributed by atoms with Crippen molar-refractivity contribution in [3.8, 4) is 0 Å². The second-order valence-electron chi connectivity index (χ2n) is 5.83. The molecule has 26 heavy (non-hydrogen) atoms. The van der Waals surface area contributed by atoms with Gasteiger partial charge in [0, 0.05) is 22.4 Å². The zero-order valence-electron chi connectivity index (χ0n) is 14.3. The van der Waals surface area contributed by atoms with Gasteiger partial charge in [-0.15, -0.1) is 11.3 Å². The molecule has 3 rings (SSSR count). The zero-order chi connectivity index (χ0) is 18.6. The molecule has 0 spiro atoms. The molecule has 0 fully saturated rings. The first-order valence-electron chi connectivity index (χ1n) is 8.24. The standard InChI is InChI=1S/C19H19NO3S3/c1-2-3-14-4-7-17(8-5-14)26(22,23)20-12-16-6-9-18(25-16)19(21)15-10-11-24-13-15/h4-11,13,20H,2-3,12H2,1H3. The summed E-state index contributed by atoms with van der Waals surface area (Å²) in [5.74, 6) is -0.0307. The maximum atomic E-state index is 12.4. The fourth-order valence-electron chi connectivity index (χ4n) is 2.50. The topological polar surface area (TPSA) is 63.2 Å². The van der Waals surface area contributed by atoms with Crippen LogP contribution in [0.25, 0.3) is 0 Å². The fourth-order valence-corrected chi connectivity index (χ4v) is 5.15. The minimum atomic E-state index is -3.57. The van der Waals surface area contributed by atoms with Gasteiger partial charge >= 0.3 is 0 Å². The number of benzene rings is 1. The molecule has 0 aliphatic carbocycles. The number of carbonyl (C=O) groups excluding carboxylic acids is 1. The van der Waals surface area contributed by atoms with Crippen molar-refractivity contribution in [3.05, 3.63) is 74.1 Å². The summed E-state index contributed by atoms with van der Waals surface area (Å²) in [6.45, 7) is 2.26. The highest BCUT2D eigenvalue weighted by Gasteiger charge is 2.16. The first kappa shape index (κ1) is 19.0. The number of sulfonamides is 1. The lowest BCUT2D eigenvalue weighted by Crippen LogP contribution is -2.22. The third-order valence-electron chi connectivity index (χ3n) is 3.88. The fraction of sp³-hybridized carbons (Fsp3) is 0.211. The third-order valence-corrected chi connectivity index (χ3v) is 7.06. The SMILES string of the molecule is CCCc1ccc(S(=O)(=O)NCc2ccc(C(=O)c3ccsc3)s2)cc1. The Kier molecular flexibility index (Phi) is 6.03. The molecule has 3 aromatic rings. The van der Waals surface area contributed by atoms with Crippen LogP contribution in [0.5, 0.6) is 0 Å². The van der Waals surface area contributed by atoms with Gasteiger partial charge in [0.05, 0.1) is 9.77 Å². The number of nitrogens with one attached hydrogen (secondary N) is 1. The van der Waals surface area contributed by atoms with Crippen LogP contribution in [-0.4, -0.2) is 14.2 Å². The van der Waals surface area contributed by atoms with Gasteiger partial charge in [-0.2, -0.15) is 11.3 Å². The molecule has 2 heterocycles. The van der Waals surface area contributed by atoms with Crippen LogP contribution in [0.1, 0.15) is 39.0 Å². The molecule has 0 aliphatic rings. The van der Waals surface area contributed by atoms with Crippen molar-refractivity contribution in [1.29, 1.82) is 0 Å². The van der Waals surface area contributed by atoms with Gasteiger partial charge in [-0.1, -0.05) is 25.5 Å². The normalized spacial score (nSPS) is 11.6. The van der Waals surface area contributed by atoms with Crippen LogP contribution >= 0.6 is 22.7 Å². The Morgan fingerprint density at radius 1 is 1.08 bits per heavy atom. The monoisotopic (exact) mass is 405 g/mol. The maximum absolute atomic E-state index is 12.4. The zero-order valence-corrected chi connectivity index (χ0v) is 16.7. The van der Waals surface area contributed by atoms with Crippen molar-refractivity contribution in [2.75, 3.05) is 0 Å². The summed E-state index contributed by atoms with van der Waals surface area (Å²) in [4.78, 5) is 14.0. The summed E-state index contributed by atoms with van der Waals surface area (Å²) in [5.41, 5.74) is 1.79. The van der Waals surface area contributed by atoms with E-state index in [-0.39, 0.29) is 17.2 Å². The molecule has 1 N–H and O–H groups in total. The Labute approximate surface area is 161 Å². The lowest BCUT2D eigenvalue weighted by Gasteiger charge is -2.06. The smallest absolute Gasteiger partial charge is 0.240 e. The van der Waals surface area contributed by atoms with Crippen LogP contribution in [0.15, 0.2) is 58.1 Å². The van der Waals surface area contributed by atoms with Gasteiger partial charge in [-0.25, -0.2) is 13.1 Å². The lowest BCUT2D eigenvalue weighted by atomic mass is 10.1. The molecule has 0 amide bonds. The average molecular weight is 406 g/mol. The number of ketones is 1. The highest BCUT2D eigenvalue weighted by molar-refractivity contribution is 7.89. The Balaban J connectivity index is 1.65. The van der Waals surface area contributed by atoms with E-state index in [2.05, 4.69) is 11.6 Å². The molecule has 0 atom stereocenters. The number of hydrogen-bond donors (Lipinski definition) is 1.